The van der Waals surface area contributed by atoms with Crippen molar-refractivity contribution in [1.82, 2.24) is 4.90 Å². The lowest BCUT2D eigenvalue weighted by atomic mass is 10.0. The smallest absolute Gasteiger partial charge is 0.151 e. The lowest BCUT2D eigenvalue weighted by Gasteiger charge is -2.25. The van der Waals surface area contributed by atoms with E-state index in [1.165, 1.54) is 10.8 Å². The minimum absolute atomic E-state index is 0.0841. The van der Waals surface area contributed by atoms with Crippen molar-refractivity contribution in [2.75, 3.05) is 18.6 Å². The Balaban J connectivity index is 1.94. The van der Waals surface area contributed by atoms with E-state index in [-0.39, 0.29) is 17.9 Å². The van der Waals surface area contributed by atoms with Gasteiger partial charge in [-0.1, -0.05) is 30.3 Å². The number of sulfone groups is 1. The zero-order chi connectivity index (χ0) is 17.3. The minimum Gasteiger partial charge on any atom is -0.491 e. The molecule has 1 heterocycles. The van der Waals surface area contributed by atoms with Crippen molar-refractivity contribution >= 4 is 20.6 Å². The highest BCUT2D eigenvalue weighted by Crippen LogP contribution is 2.31. The van der Waals surface area contributed by atoms with Gasteiger partial charge in [-0.2, -0.15) is 0 Å². The molecule has 3 rings (SSSR count). The summed E-state index contributed by atoms with van der Waals surface area (Å²) in [4.78, 5) is 2.15. The highest BCUT2D eigenvalue weighted by atomic mass is 32.2. The highest BCUT2D eigenvalue weighted by Gasteiger charge is 2.31. The van der Waals surface area contributed by atoms with Crippen LogP contribution in [0.15, 0.2) is 36.4 Å². The molecule has 1 aliphatic rings. The molecular formula is C19H25NO3S. The predicted octanol–water partition coefficient (Wildman–Crippen LogP) is 3.25. The van der Waals surface area contributed by atoms with E-state index in [1.807, 2.05) is 39.1 Å². The van der Waals surface area contributed by atoms with Crippen molar-refractivity contribution in [3.63, 3.8) is 0 Å². The van der Waals surface area contributed by atoms with Gasteiger partial charge in [-0.15, -0.1) is 0 Å². The van der Waals surface area contributed by atoms with Crippen molar-refractivity contribution < 1.29 is 13.2 Å². The van der Waals surface area contributed by atoms with E-state index in [0.29, 0.717) is 18.7 Å². The fraction of sp³-hybridized carbons (Fsp3) is 0.474. The molecule has 0 unspecified atom stereocenters. The van der Waals surface area contributed by atoms with E-state index in [2.05, 4.69) is 23.1 Å². The molecule has 24 heavy (non-hydrogen) atoms. The molecule has 1 fully saturated rings. The molecule has 0 bridgehead atoms. The normalized spacial score (nSPS) is 20.1. The van der Waals surface area contributed by atoms with E-state index in [4.69, 9.17) is 4.74 Å². The molecule has 1 saturated heterocycles. The first-order chi connectivity index (χ1) is 11.4. The summed E-state index contributed by atoms with van der Waals surface area (Å²) in [6.07, 6.45) is 0.811. The van der Waals surface area contributed by atoms with Gasteiger partial charge in [-0.3, -0.25) is 4.90 Å². The SMILES string of the molecule is CC(C)Oc1ccc2ccccc2c1CN(C)[C@H]1CCS(=O)(=O)C1. The van der Waals surface area contributed by atoms with Crippen molar-refractivity contribution in [2.24, 2.45) is 0 Å². The molecule has 0 aromatic heterocycles. The summed E-state index contributed by atoms with van der Waals surface area (Å²) < 4.78 is 29.6. The Kier molecular flexibility index (Phi) is 4.83. The summed E-state index contributed by atoms with van der Waals surface area (Å²) in [6, 6.07) is 12.5. The Bertz CT molecular complexity index is 830. The first kappa shape index (κ1) is 17.2. The molecule has 2 aromatic rings. The van der Waals surface area contributed by atoms with E-state index in [1.54, 1.807) is 0 Å². The van der Waals surface area contributed by atoms with Gasteiger partial charge in [0.1, 0.15) is 5.75 Å². The second kappa shape index (κ2) is 6.73. The van der Waals surface area contributed by atoms with Crippen molar-refractivity contribution in [2.45, 2.75) is 39.0 Å². The van der Waals surface area contributed by atoms with Crippen LogP contribution in [0.4, 0.5) is 0 Å². The van der Waals surface area contributed by atoms with E-state index >= 15 is 0 Å². The standard InChI is InChI=1S/C19H25NO3S/c1-14(2)23-19-9-8-15-6-4-5-7-17(15)18(19)12-20(3)16-10-11-24(21,22)13-16/h4-9,14,16H,10-13H2,1-3H3/t16-/m0/s1. The number of rotatable bonds is 5. The van der Waals surface area contributed by atoms with Crippen LogP contribution in [0.5, 0.6) is 5.75 Å². The van der Waals surface area contributed by atoms with Crippen LogP contribution in [0.2, 0.25) is 0 Å². The molecule has 130 valence electrons. The Labute approximate surface area is 144 Å². The fourth-order valence-corrected chi connectivity index (χ4v) is 5.15. The molecule has 0 saturated carbocycles. The summed E-state index contributed by atoms with van der Waals surface area (Å²) in [5, 5.41) is 2.35. The van der Waals surface area contributed by atoms with Gasteiger partial charge in [0, 0.05) is 18.2 Å². The maximum Gasteiger partial charge on any atom is 0.151 e. The van der Waals surface area contributed by atoms with Crippen LogP contribution in [0, 0.1) is 0 Å². The minimum atomic E-state index is -2.88. The summed E-state index contributed by atoms with van der Waals surface area (Å²) in [5.41, 5.74) is 1.13. The number of benzene rings is 2. The average Bonchev–Trinajstić information content (AvgIpc) is 2.89. The van der Waals surface area contributed by atoms with Crippen LogP contribution in [-0.4, -0.2) is 44.0 Å². The van der Waals surface area contributed by atoms with Crippen molar-refractivity contribution in [3.8, 4) is 5.75 Å². The van der Waals surface area contributed by atoms with Crippen molar-refractivity contribution in [3.05, 3.63) is 42.0 Å². The molecule has 0 aliphatic carbocycles. The van der Waals surface area contributed by atoms with E-state index in [9.17, 15) is 8.42 Å². The summed E-state index contributed by atoms with van der Waals surface area (Å²) >= 11 is 0. The highest BCUT2D eigenvalue weighted by molar-refractivity contribution is 7.91. The largest absolute Gasteiger partial charge is 0.491 e. The predicted molar refractivity (Wildman–Crippen MR) is 98.2 cm³/mol. The third kappa shape index (κ3) is 3.73. The van der Waals surface area contributed by atoms with Crippen LogP contribution in [0.25, 0.3) is 10.8 Å². The van der Waals surface area contributed by atoms with Gasteiger partial charge in [0.15, 0.2) is 9.84 Å². The second-order valence-corrected chi connectivity index (χ2v) is 9.13. The molecular weight excluding hydrogens is 322 g/mol. The topological polar surface area (TPSA) is 46.6 Å². The maximum atomic E-state index is 11.8. The Morgan fingerprint density at radius 3 is 2.62 bits per heavy atom. The molecule has 5 heteroatoms. The molecule has 0 N–H and O–H groups in total. The van der Waals surface area contributed by atoms with Gasteiger partial charge in [0.25, 0.3) is 0 Å². The summed E-state index contributed by atoms with van der Waals surface area (Å²) in [6.45, 7) is 4.72. The fourth-order valence-electron chi connectivity index (χ4n) is 3.34. The van der Waals surface area contributed by atoms with Crippen LogP contribution in [0.3, 0.4) is 0 Å². The molecule has 0 spiro atoms. The molecule has 1 aliphatic heterocycles. The third-order valence-corrected chi connectivity index (χ3v) is 6.35. The number of fused-ring (bicyclic) bond motifs is 1. The third-order valence-electron chi connectivity index (χ3n) is 4.60. The molecule has 0 radical (unpaired) electrons. The average molecular weight is 347 g/mol. The van der Waals surface area contributed by atoms with Gasteiger partial charge in [-0.25, -0.2) is 8.42 Å². The molecule has 2 aromatic carbocycles. The summed E-state index contributed by atoms with van der Waals surface area (Å²) in [7, 11) is -0.871. The quantitative estimate of drug-likeness (QED) is 0.833. The van der Waals surface area contributed by atoms with Crippen molar-refractivity contribution in [1.29, 1.82) is 0 Å². The molecule has 0 amide bonds. The maximum absolute atomic E-state index is 11.8. The van der Waals surface area contributed by atoms with Crippen LogP contribution < -0.4 is 4.74 Å². The van der Waals surface area contributed by atoms with Crippen LogP contribution >= 0.6 is 0 Å². The van der Waals surface area contributed by atoms with Gasteiger partial charge < -0.3 is 4.74 Å². The number of ether oxygens (including phenoxy) is 1. The van der Waals surface area contributed by atoms with E-state index in [0.717, 1.165) is 11.3 Å². The Morgan fingerprint density at radius 1 is 1.21 bits per heavy atom. The first-order valence-electron chi connectivity index (χ1n) is 8.43. The molecule has 1 atom stereocenters. The van der Waals surface area contributed by atoms with Crippen LogP contribution in [0.1, 0.15) is 25.8 Å². The number of hydrogen-bond donors (Lipinski definition) is 0. The number of hydrogen-bond acceptors (Lipinski definition) is 4. The lowest BCUT2D eigenvalue weighted by molar-refractivity contribution is 0.224. The van der Waals surface area contributed by atoms with Gasteiger partial charge in [-0.05, 0) is 44.2 Å². The Hall–Kier alpha value is -1.59. The van der Waals surface area contributed by atoms with Gasteiger partial charge in [0.2, 0.25) is 0 Å². The van der Waals surface area contributed by atoms with E-state index < -0.39 is 9.84 Å². The monoisotopic (exact) mass is 347 g/mol. The lowest BCUT2D eigenvalue weighted by Crippen LogP contribution is -2.32. The zero-order valence-electron chi connectivity index (χ0n) is 14.5. The second-order valence-electron chi connectivity index (χ2n) is 6.90. The van der Waals surface area contributed by atoms with Gasteiger partial charge in [0.05, 0.1) is 17.6 Å². The summed E-state index contributed by atoms with van der Waals surface area (Å²) in [5.74, 6) is 1.44. The molecule has 4 nitrogen and oxygen atoms in total. The first-order valence-corrected chi connectivity index (χ1v) is 10.3. The Morgan fingerprint density at radius 2 is 1.96 bits per heavy atom. The number of nitrogens with zero attached hydrogens (tertiary/aromatic N) is 1. The zero-order valence-corrected chi connectivity index (χ0v) is 15.3. The van der Waals surface area contributed by atoms with Gasteiger partial charge >= 0.3 is 0 Å². The van der Waals surface area contributed by atoms with Crippen LogP contribution in [-0.2, 0) is 16.4 Å².